The van der Waals surface area contributed by atoms with Crippen LogP contribution in [-0.2, 0) is 0 Å². The minimum Gasteiger partial charge on any atom is -0.504 e. The Labute approximate surface area is 410 Å². The van der Waals surface area contributed by atoms with Gasteiger partial charge in [0.2, 0.25) is 23.6 Å². The average molecular weight is 1020 g/mol. The van der Waals surface area contributed by atoms with Crippen molar-refractivity contribution >= 4 is 27.6 Å². The van der Waals surface area contributed by atoms with Crippen LogP contribution in [0.25, 0.3) is 45.8 Å². The molecule has 2 heterocycles. The Morgan fingerprint density at radius 2 is 0.929 bits per heavy atom. The highest BCUT2D eigenvalue weighted by Gasteiger charge is 2.18. The smallest absolute Gasteiger partial charge is 0.252 e. The number of phenols is 4. The van der Waals surface area contributed by atoms with E-state index in [-0.39, 0.29) is 53.0 Å². The van der Waals surface area contributed by atoms with E-state index in [0.29, 0.717) is 67.3 Å². The van der Waals surface area contributed by atoms with E-state index >= 15 is 0 Å². The molecule has 0 fully saturated rings. The van der Waals surface area contributed by atoms with E-state index in [4.69, 9.17) is 32.5 Å². The summed E-state index contributed by atoms with van der Waals surface area (Å²) in [5.41, 5.74) is 6.70. The summed E-state index contributed by atoms with van der Waals surface area (Å²) in [5.74, 6) is 2.40. The molecule has 5 N–H and O–H groups in total. The topological polar surface area (TPSA) is 251 Å². The molecule has 0 aliphatic carbocycles. The van der Waals surface area contributed by atoms with Crippen LogP contribution in [0, 0.1) is 20.8 Å². The molecule has 18 nitrogen and oxygen atoms in total. The number of aromatic hydroxyl groups is 4. The lowest BCUT2D eigenvalue weighted by molar-refractivity contribution is 0.0903. The Hall–Kier alpha value is -8.58. The molecule has 0 aliphatic rings. The molecule has 8 rings (SSSR count). The SMILES string of the molecule is COc1cc(C(=O)NCC(=O)c2ccc(OC)c(OC)c2)c(Br)cc1C.COc1ccc(-c2nnc(-c3ccc(C)c(C)c3)o2)cc1OC.Oc1ccc(-c2nnc(-c3ccc(O)c(O)c3)o2)cc1O. The van der Waals surface area contributed by atoms with E-state index in [0.717, 1.165) is 16.7 Å². The molecule has 0 bridgehead atoms. The van der Waals surface area contributed by atoms with Crippen LogP contribution < -0.4 is 29.0 Å². The number of halogens is 1. The quantitative estimate of drug-likeness (QED) is 0.0532. The first-order valence-electron chi connectivity index (χ1n) is 21.0. The first-order chi connectivity index (χ1) is 33.6. The maximum Gasteiger partial charge on any atom is 0.252 e. The van der Waals surface area contributed by atoms with E-state index in [1.54, 1.807) is 51.7 Å². The predicted octanol–water partition coefficient (Wildman–Crippen LogP) is 9.66. The van der Waals surface area contributed by atoms with Crippen LogP contribution in [0.1, 0.15) is 37.4 Å². The molecule has 8 aromatic rings. The third-order valence-corrected chi connectivity index (χ3v) is 11.2. The number of carbonyl (C=O) groups excluding carboxylic acids is 2. The zero-order valence-corrected chi connectivity index (χ0v) is 40.7. The van der Waals surface area contributed by atoms with Crippen LogP contribution in [-0.4, -0.2) is 94.6 Å². The van der Waals surface area contributed by atoms with Crippen molar-refractivity contribution in [2.45, 2.75) is 20.8 Å². The van der Waals surface area contributed by atoms with E-state index in [1.807, 2.05) is 43.3 Å². The number of nitrogens with zero attached hydrogens (tertiary/aromatic N) is 4. The lowest BCUT2D eigenvalue weighted by atomic mass is 10.1. The van der Waals surface area contributed by atoms with Gasteiger partial charge >= 0.3 is 0 Å². The summed E-state index contributed by atoms with van der Waals surface area (Å²) < 4.78 is 38.0. The van der Waals surface area contributed by atoms with E-state index in [1.165, 1.54) is 61.7 Å². The lowest BCUT2D eigenvalue weighted by Crippen LogP contribution is -2.29. The van der Waals surface area contributed by atoms with Gasteiger partial charge in [0.05, 0.1) is 47.7 Å². The summed E-state index contributed by atoms with van der Waals surface area (Å²) >= 11 is 3.37. The van der Waals surface area contributed by atoms with Crippen LogP contribution in [0.15, 0.2) is 116 Å². The number of aromatic nitrogens is 4. The molecule has 0 saturated heterocycles. The number of methoxy groups -OCH3 is 5. The van der Waals surface area contributed by atoms with Crippen LogP contribution in [0.4, 0.5) is 0 Å². The minimum absolute atomic E-state index is 0.142. The van der Waals surface area contributed by atoms with Crippen molar-refractivity contribution in [2.75, 3.05) is 42.1 Å². The number of hydrogen-bond donors (Lipinski definition) is 5. The number of nitrogens with one attached hydrogen (secondary N) is 1. The monoisotopic (exact) mass is 1020 g/mol. The highest BCUT2D eigenvalue weighted by molar-refractivity contribution is 9.10. The van der Waals surface area contributed by atoms with Crippen LogP contribution >= 0.6 is 15.9 Å². The summed E-state index contributed by atoms with van der Waals surface area (Å²) in [6, 6.07) is 28.1. The van der Waals surface area contributed by atoms with Gasteiger partial charge < -0.3 is 58.3 Å². The summed E-state index contributed by atoms with van der Waals surface area (Å²) in [5, 5.41) is 56.0. The van der Waals surface area contributed by atoms with E-state index in [9.17, 15) is 30.0 Å². The molecule has 0 spiro atoms. The zero-order valence-electron chi connectivity index (χ0n) is 39.2. The van der Waals surface area contributed by atoms with Crippen molar-refractivity contribution in [1.29, 1.82) is 0 Å². The Morgan fingerprint density at radius 1 is 0.486 bits per heavy atom. The van der Waals surface area contributed by atoms with Gasteiger partial charge in [0.25, 0.3) is 5.91 Å². The molecule has 362 valence electrons. The number of hydrogen-bond acceptors (Lipinski definition) is 17. The Morgan fingerprint density at radius 3 is 1.41 bits per heavy atom. The summed E-state index contributed by atoms with van der Waals surface area (Å²) in [7, 11) is 7.75. The van der Waals surface area contributed by atoms with Crippen molar-refractivity contribution in [3.8, 4) is 97.6 Å². The predicted molar refractivity (Wildman–Crippen MR) is 261 cm³/mol. The summed E-state index contributed by atoms with van der Waals surface area (Å²) in [6.07, 6.45) is 0. The van der Waals surface area contributed by atoms with Crippen LogP contribution in [0.5, 0.6) is 51.7 Å². The molecule has 0 saturated carbocycles. The second-order valence-corrected chi connectivity index (χ2v) is 15.9. The summed E-state index contributed by atoms with van der Waals surface area (Å²) in [4.78, 5) is 24.8. The van der Waals surface area contributed by atoms with Gasteiger partial charge in [0, 0.05) is 32.3 Å². The maximum absolute atomic E-state index is 12.4. The van der Waals surface area contributed by atoms with Crippen molar-refractivity contribution in [2.24, 2.45) is 0 Å². The third-order valence-electron chi connectivity index (χ3n) is 10.5. The second-order valence-electron chi connectivity index (χ2n) is 15.1. The molecule has 6 aromatic carbocycles. The third kappa shape index (κ3) is 12.1. The van der Waals surface area contributed by atoms with Crippen molar-refractivity contribution in [3.05, 3.63) is 135 Å². The molecule has 19 heteroatoms. The molecule has 70 heavy (non-hydrogen) atoms. The van der Waals surface area contributed by atoms with Gasteiger partial charge in [-0.05, 0) is 150 Å². The number of carbonyl (C=O) groups is 2. The zero-order chi connectivity index (χ0) is 50.6. The fourth-order valence-electron chi connectivity index (χ4n) is 6.48. The van der Waals surface area contributed by atoms with Gasteiger partial charge in [0.15, 0.2) is 51.8 Å². The van der Waals surface area contributed by atoms with Crippen molar-refractivity contribution in [1.82, 2.24) is 25.7 Å². The van der Waals surface area contributed by atoms with Crippen molar-refractivity contribution in [3.63, 3.8) is 0 Å². The Bertz CT molecular complexity index is 3090. The standard InChI is InChI=1S/C19H20BrNO5.C18H18N2O3.C14H10N2O5/c1-11-7-14(20)13(9-17(11)25-3)19(23)21-10-15(22)12-5-6-16(24-2)18(8-12)26-4;1-11-5-6-13(9-12(11)2)17-19-20-18(23-17)14-7-8-15(21-3)16(10-14)22-4;17-9-3-1-7(5-11(9)19)13-15-16-14(21-13)8-2-4-10(18)12(20)6-8/h5-9H,10H2,1-4H3,(H,21,23);5-10H,1-4H3;1-6,17-20H. The van der Waals surface area contributed by atoms with E-state index in [2.05, 4.69) is 55.5 Å². The Kier molecular flexibility index (Phi) is 16.7. The van der Waals surface area contributed by atoms with Gasteiger partial charge in [-0.2, -0.15) is 0 Å². The van der Waals surface area contributed by atoms with Gasteiger partial charge in [-0.1, -0.05) is 6.07 Å². The van der Waals surface area contributed by atoms with Crippen molar-refractivity contribution < 1.29 is 62.5 Å². The highest BCUT2D eigenvalue weighted by atomic mass is 79.9. The molecule has 1 amide bonds. The fraction of sp³-hybridized carbons (Fsp3) is 0.176. The minimum atomic E-state index is -0.371. The van der Waals surface area contributed by atoms with E-state index < -0.39 is 0 Å². The van der Waals surface area contributed by atoms with Gasteiger partial charge in [-0.15, -0.1) is 20.4 Å². The normalized spacial score (nSPS) is 10.5. The Balaban J connectivity index is 0.000000173. The second kappa shape index (κ2) is 22.9. The lowest BCUT2D eigenvalue weighted by Gasteiger charge is -2.11. The largest absolute Gasteiger partial charge is 0.504 e. The number of aryl methyl sites for hydroxylation is 3. The maximum atomic E-state index is 12.4. The number of rotatable bonds is 13. The first kappa shape index (κ1) is 50.8. The number of ketones is 1. The first-order valence-corrected chi connectivity index (χ1v) is 21.8. The number of phenolic OH excluding ortho intramolecular Hbond substituents is 4. The number of amides is 1. The number of ether oxygens (including phenoxy) is 5. The molecule has 0 atom stereocenters. The number of Topliss-reactive ketones (excluding diaryl/α,β-unsaturated/α-hetero) is 1. The summed E-state index contributed by atoms with van der Waals surface area (Å²) in [6.45, 7) is 5.87. The van der Waals surface area contributed by atoms with Gasteiger partial charge in [-0.3, -0.25) is 9.59 Å². The van der Waals surface area contributed by atoms with Gasteiger partial charge in [-0.25, -0.2) is 0 Å². The van der Waals surface area contributed by atoms with Crippen LogP contribution in [0.2, 0.25) is 0 Å². The molecule has 0 radical (unpaired) electrons. The highest BCUT2D eigenvalue weighted by Crippen LogP contribution is 2.35. The molecule has 0 unspecified atom stereocenters. The molecular formula is C51H48BrN5O13. The fourth-order valence-corrected chi connectivity index (χ4v) is 7.12. The van der Waals surface area contributed by atoms with Gasteiger partial charge in [0.1, 0.15) is 5.75 Å². The number of benzene rings is 6. The molecular weight excluding hydrogens is 970 g/mol. The average Bonchev–Trinajstić information content (AvgIpc) is 4.08. The molecule has 2 aromatic heterocycles. The van der Waals surface area contributed by atoms with Crippen LogP contribution in [0.3, 0.4) is 0 Å². The molecule has 0 aliphatic heterocycles.